The number of rotatable bonds is 8. The first-order valence-corrected chi connectivity index (χ1v) is 21.8. The number of aliphatic imine (C=N–C) groups is 1. The molecular formula is C43H63FN6O11S. The van der Waals surface area contributed by atoms with Crippen LogP contribution in [0.15, 0.2) is 34.5 Å². The predicted molar refractivity (Wildman–Crippen MR) is 229 cm³/mol. The number of hydrogen-bond acceptors (Lipinski definition) is 17. The number of alkyl halides is 1. The second-order valence-corrected chi connectivity index (χ2v) is 18.7. The quantitative estimate of drug-likeness (QED) is 0.191. The third-order valence-corrected chi connectivity index (χ3v) is 13.1. The molecule has 3 aliphatic rings. The normalized spacial score (nSPS) is 38.0. The molecule has 0 aliphatic carbocycles. The van der Waals surface area contributed by atoms with Gasteiger partial charge in [0.15, 0.2) is 18.7 Å². The van der Waals surface area contributed by atoms with Crippen LogP contribution in [0.4, 0.5) is 10.2 Å². The number of carbonyl (C=O) groups is 3. The van der Waals surface area contributed by atoms with E-state index in [0.29, 0.717) is 28.7 Å². The topological polar surface area (TPSA) is 227 Å². The molecule has 0 saturated carbocycles. The van der Waals surface area contributed by atoms with Crippen LogP contribution in [0.25, 0.3) is 10.6 Å². The lowest BCUT2D eigenvalue weighted by Gasteiger charge is -2.47. The largest absolute Gasteiger partial charge is 0.457 e. The Kier molecular flexibility index (Phi) is 15.8. The summed E-state index contributed by atoms with van der Waals surface area (Å²) in [5, 5.41) is 29.0. The van der Waals surface area contributed by atoms with Crippen molar-refractivity contribution in [1.29, 1.82) is 0 Å². The maximum Gasteiger partial charge on any atom is 0.351 e. The van der Waals surface area contributed by atoms with Crippen LogP contribution in [-0.4, -0.2) is 141 Å². The van der Waals surface area contributed by atoms with Crippen LogP contribution in [0.1, 0.15) is 86.6 Å². The molecule has 2 aromatic heterocycles. The van der Waals surface area contributed by atoms with Crippen LogP contribution in [0.3, 0.4) is 0 Å². The number of halogens is 1. The zero-order chi connectivity index (χ0) is 45.9. The van der Waals surface area contributed by atoms with Gasteiger partial charge in [0, 0.05) is 36.7 Å². The Morgan fingerprint density at radius 2 is 1.84 bits per heavy atom. The molecule has 62 heavy (non-hydrogen) atoms. The molecule has 344 valence electrons. The molecule has 5 rings (SSSR count). The van der Waals surface area contributed by atoms with Gasteiger partial charge in [-0.1, -0.05) is 38.9 Å². The van der Waals surface area contributed by atoms with Crippen molar-refractivity contribution in [2.45, 2.75) is 148 Å². The van der Waals surface area contributed by atoms with Crippen LogP contribution in [0.2, 0.25) is 0 Å². The summed E-state index contributed by atoms with van der Waals surface area (Å²) in [5.74, 6) is -5.78. The van der Waals surface area contributed by atoms with E-state index in [2.05, 4.69) is 20.1 Å². The van der Waals surface area contributed by atoms with Crippen LogP contribution >= 0.6 is 11.3 Å². The molecular weight excluding hydrogens is 828 g/mol. The molecule has 5 heterocycles. The van der Waals surface area contributed by atoms with E-state index in [4.69, 9.17) is 34.3 Å². The fraction of sp³-hybridized carbons (Fsp3) is 0.698. The minimum absolute atomic E-state index is 0.00516. The number of thiazole rings is 1. The van der Waals surface area contributed by atoms with E-state index in [1.165, 1.54) is 32.1 Å². The Morgan fingerprint density at radius 3 is 2.48 bits per heavy atom. The highest BCUT2D eigenvalue weighted by Crippen LogP contribution is 2.41. The molecule has 4 N–H and O–H groups in total. The summed E-state index contributed by atoms with van der Waals surface area (Å²) < 4.78 is 48.8. The number of likely N-dealkylation sites (N-methyl/N-ethyl adjacent to an activating group) is 1. The SMILES string of the molecule is CC[C@H]1OC(=O)[C@@](C)(F)C(=O)[C@H](C)[C@@H](O[C@@H]2O[C@H](C)C[C@H](N(C)C)[C@H]2O)[C@@]2(C)C[C@@H](C)C(=NC(C)=O)[C@H](C)[C@H](OC/C(=N\OCc3ncc(-c4cccc(N)n4)s3)CO2)[C@]1(C)O. The molecule has 3 aliphatic heterocycles. The molecule has 2 aromatic rings. The number of Topliss-reactive ketones (excluding diaryl/α,β-unsaturated/α-hetero) is 1. The van der Waals surface area contributed by atoms with Gasteiger partial charge < -0.3 is 49.4 Å². The molecule has 0 aromatic carbocycles. The number of hydrogen-bond donors (Lipinski definition) is 3. The van der Waals surface area contributed by atoms with Gasteiger partial charge in [0.2, 0.25) is 5.91 Å². The number of esters is 1. The van der Waals surface area contributed by atoms with Gasteiger partial charge in [-0.05, 0) is 79.1 Å². The van der Waals surface area contributed by atoms with E-state index in [1.54, 1.807) is 39.1 Å². The molecule has 19 heteroatoms. The summed E-state index contributed by atoms with van der Waals surface area (Å²) in [6, 6.07) is 4.88. The lowest BCUT2D eigenvalue weighted by molar-refractivity contribution is -0.296. The number of ether oxygens (including phenoxy) is 5. The number of carbonyl (C=O) groups excluding carboxylic acids is 3. The number of fused-ring (bicyclic) bond motifs is 5. The molecule has 0 radical (unpaired) electrons. The Labute approximate surface area is 366 Å². The summed E-state index contributed by atoms with van der Waals surface area (Å²) in [6.45, 7) is 12.9. The highest BCUT2D eigenvalue weighted by Gasteiger charge is 2.56. The molecule has 3 fully saturated rings. The minimum Gasteiger partial charge on any atom is -0.457 e. The van der Waals surface area contributed by atoms with Gasteiger partial charge in [0.25, 0.3) is 5.67 Å². The van der Waals surface area contributed by atoms with Crippen LogP contribution < -0.4 is 5.73 Å². The molecule has 0 unspecified atom stereocenters. The van der Waals surface area contributed by atoms with Gasteiger partial charge in [-0.25, -0.2) is 24.1 Å². The zero-order valence-corrected chi connectivity index (χ0v) is 38.3. The summed E-state index contributed by atoms with van der Waals surface area (Å²) >= 11 is 1.33. The number of oxime groups is 1. The third kappa shape index (κ3) is 10.9. The van der Waals surface area contributed by atoms with Crippen molar-refractivity contribution < 1.29 is 57.5 Å². The van der Waals surface area contributed by atoms with Crippen molar-refractivity contribution >= 4 is 46.2 Å². The first-order valence-electron chi connectivity index (χ1n) is 21.0. The number of aliphatic hydroxyl groups excluding tert-OH is 1. The Morgan fingerprint density at radius 1 is 1.13 bits per heavy atom. The summed E-state index contributed by atoms with van der Waals surface area (Å²) in [6.07, 6.45) is -4.90. The van der Waals surface area contributed by atoms with Crippen LogP contribution in [0, 0.1) is 17.8 Å². The Bertz CT molecular complexity index is 1980. The first kappa shape index (κ1) is 49.2. The molecule has 13 atom stereocenters. The lowest BCUT2D eigenvalue weighted by atomic mass is 9.73. The third-order valence-electron chi connectivity index (χ3n) is 12.1. The number of amides is 1. The van der Waals surface area contributed by atoms with Crippen molar-refractivity contribution in [3.8, 4) is 10.6 Å². The number of pyridine rings is 1. The number of nitrogens with zero attached hydrogens (tertiary/aromatic N) is 5. The second kappa shape index (κ2) is 19.9. The molecule has 3 saturated heterocycles. The summed E-state index contributed by atoms with van der Waals surface area (Å²) in [7, 11) is 3.63. The molecule has 2 bridgehead atoms. The maximum atomic E-state index is 16.9. The molecule has 17 nitrogen and oxygen atoms in total. The van der Waals surface area contributed by atoms with Gasteiger partial charge >= 0.3 is 5.97 Å². The van der Waals surface area contributed by atoms with E-state index in [9.17, 15) is 24.6 Å². The van der Waals surface area contributed by atoms with E-state index in [1.807, 2.05) is 38.9 Å². The minimum atomic E-state index is -3.23. The number of anilines is 1. The smallest absolute Gasteiger partial charge is 0.351 e. The monoisotopic (exact) mass is 890 g/mol. The summed E-state index contributed by atoms with van der Waals surface area (Å²) in [4.78, 5) is 62.9. The fourth-order valence-electron chi connectivity index (χ4n) is 8.87. The highest BCUT2D eigenvalue weighted by atomic mass is 32.1. The van der Waals surface area contributed by atoms with Crippen molar-refractivity contribution in [3.05, 3.63) is 29.4 Å². The van der Waals surface area contributed by atoms with Crippen LogP contribution in [-0.2, 0) is 49.5 Å². The number of aliphatic hydroxyl groups is 2. The fourth-order valence-corrected chi connectivity index (χ4v) is 9.67. The van der Waals surface area contributed by atoms with Crippen LogP contribution in [0.5, 0.6) is 0 Å². The highest BCUT2D eigenvalue weighted by molar-refractivity contribution is 7.15. The van der Waals surface area contributed by atoms with Gasteiger partial charge in [0.1, 0.15) is 34.3 Å². The van der Waals surface area contributed by atoms with Gasteiger partial charge in [0.05, 0.1) is 47.7 Å². The molecule has 0 spiro atoms. The van der Waals surface area contributed by atoms with E-state index < -0.39 is 95.1 Å². The van der Waals surface area contributed by atoms with Crippen molar-refractivity contribution in [1.82, 2.24) is 14.9 Å². The number of cyclic esters (lactones) is 1. The maximum absolute atomic E-state index is 16.9. The lowest BCUT2D eigenvalue weighted by Crippen LogP contribution is -2.61. The second-order valence-electron chi connectivity index (χ2n) is 17.6. The summed E-state index contributed by atoms with van der Waals surface area (Å²) in [5.41, 5.74) is 0.177. The number of nitrogens with two attached hydrogens (primary N) is 1. The first-order chi connectivity index (χ1) is 29.0. The van der Waals surface area contributed by atoms with Gasteiger partial charge in [-0.2, -0.15) is 0 Å². The average Bonchev–Trinajstić information content (AvgIpc) is 3.67. The zero-order valence-electron chi connectivity index (χ0n) is 37.5. The predicted octanol–water partition coefficient (Wildman–Crippen LogP) is 4.31. The van der Waals surface area contributed by atoms with Gasteiger partial charge in [-0.15, -0.1) is 11.3 Å². The van der Waals surface area contributed by atoms with E-state index in [-0.39, 0.29) is 38.4 Å². The standard InChI is InChI=1S/C43H63FN6O11S/c1-12-31-43(9,55)38-24(4)34(47-26(6)51)22(2)17-41(7,57-20-27(19-56-38)49-58-21-33-46-18-30(62-33)28-14-13-15-32(45)48-28)37(25(5)36(53)42(8,44)40(54)60-31)61-39-35(52)29(50(10)11)16-23(3)59-39/h13-15,18,22-25,29,31,35,37-39,52,55H,12,16-17,19-21H2,1-11H3,(H2,45,48)/b47-34?,49-27+/t22-,23-,24+,25+,29+,31-,35-,37-,38+,39+,41-,42+,43-/m1/s1. The van der Waals surface area contributed by atoms with Crippen molar-refractivity contribution in [3.63, 3.8) is 0 Å². The molecule has 1 amide bonds. The number of nitrogen functional groups attached to an aromatic ring is 1. The Balaban J connectivity index is 1.66. The Hall–Kier alpha value is -3.82. The number of ketones is 1. The van der Waals surface area contributed by atoms with E-state index >= 15 is 4.39 Å². The van der Waals surface area contributed by atoms with Gasteiger partial charge in [-0.3, -0.25) is 9.59 Å². The average molecular weight is 891 g/mol. The van der Waals surface area contributed by atoms with E-state index in [0.717, 1.165) is 11.8 Å². The van der Waals surface area contributed by atoms with Crippen molar-refractivity contribution in [2.24, 2.45) is 27.9 Å². The number of aromatic nitrogens is 2. The van der Waals surface area contributed by atoms with Crippen molar-refractivity contribution in [2.75, 3.05) is 33.0 Å².